The normalized spacial score (nSPS) is 31.6. The molecule has 2 aliphatic heterocycles. The van der Waals surface area contributed by atoms with Crippen LogP contribution in [0.2, 0.25) is 0 Å². The van der Waals surface area contributed by atoms with Crippen molar-refractivity contribution < 1.29 is 14.6 Å². The van der Waals surface area contributed by atoms with E-state index >= 15 is 0 Å². The van der Waals surface area contributed by atoms with E-state index in [1.54, 1.807) is 7.11 Å². The number of hydrogen-bond acceptors (Lipinski definition) is 4. The number of methoxy groups -OCH3 is 1. The lowest BCUT2D eigenvalue weighted by Crippen LogP contribution is -2.60. The van der Waals surface area contributed by atoms with Crippen molar-refractivity contribution in [1.29, 1.82) is 0 Å². The predicted molar refractivity (Wildman–Crippen MR) is 93.8 cm³/mol. The highest BCUT2D eigenvalue weighted by Crippen LogP contribution is 2.29. The summed E-state index contributed by atoms with van der Waals surface area (Å²) in [6.07, 6.45) is 10.3. The van der Waals surface area contributed by atoms with Crippen LogP contribution in [0.1, 0.15) is 57.8 Å². The Morgan fingerprint density at radius 1 is 1.08 bits per heavy atom. The van der Waals surface area contributed by atoms with Crippen molar-refractivity contribution in [1.82, 2.24) is 9.80 Å². The molecule has 0 unspecified atom stereocenters. The molecule has 24 heavy (non-hydrogen) atoms. The molecule has 1 atom stereocenters. The molecule has 5 heteroatoms. The fraction of sp³-hybridized carbons (Fsp3) is 0.947. The summed E-state index contributed by atoms with van der Waals surface area (Å²) in [4.78, 5) is 17.1. The summed E-state index contributed by atoms with van der Waals surface area (Å²) in [5.74, 6) is 0.621. The third kappa shape index (κ3) is 4.30. The Morgan fingerprint density at radius 3 is 2.46 bits per heavy atom. The summed E-state index contributed by atoms with van der Waals surface area (Å²) in [7, 11) is 1.77. The van der Waals surface area contributed by atoms with Gasteiger partial charge in [0.05, 0.1) is 6.10 Å². The number of amides is 1. The maximum atomic E-state index is 12.9. The maximum Gasteiger partial charge on any atom is 0.255 e. The lowest BCUT2D eigenvalue weighted by molar-refractivity contribution is -0.161. The molecular weight excluding hydrogens is 304 g/mol. The van der Waals surface area contributed by atoms with Gasteiger partial charge in [-0.3, -0.25) is 9.69 Å². The van der Waals surface area contributed by atoms with Crippen molar-refractivity contribution in [3.05, 3.63) is 0 Å². The Morgan fingerprint density at radius 2 is 1.79 bits per heavy atom. The van der Waals surface area contributed by atoms with E-state index in [1.807, 2.05) is 4.90 Å². The van der Waals surface area contributed by atoms with E-state index in [2.05, 4.69) is 4.90 Å². The summed E-state index contributed by atoms with van der Waals surface area (Å²) in [5, 5.41) is 11.1. The van der Waals surface area contributed by atoms with Crippen LogP contribution in [-0.4, -0.2) is 72.4 Å². The van der Waals surface area contributed by atoms with Crippen LogP contribution in [0.15, 0.2) is 0 Å². The van der Waals surface area contributed by atoms with Gasteiger partial charge >= 0.3 is 0 Å². The second-order valence-electron chi connectivity index (χ2n) is 8.10. The number of nitrogens with zero attached hydrogens (tertiary/aromatic N) is 2. The Hall–Kier alpha value is -0.650. The monoisotopic (exact) mass is 338 g/mol. The average Bonchev–Trinajstić information content (AvgIpc) is 2.61. The number of rotatable bonds is 5. The Bertz CT molecular complexity index is 417. The van der Waals surface area contributed by atoms with Crippen LogP contribution < -0.4 is 0 Å². The minimum Gasteiger partial charge on any atom is -0.381 e. The third-order valence-electron chi connectivity index (χ3n) is 6.26. The average molecular weight is 338 g/mol. The van der Waals surface area contributed by atoms with Gasteiger partial charge < -0.3 is 14.7 Å². The van der Waals surface area contributed by atoms with Crippen molar-refractivity contribution in [2.24, 2.45) is 5.92 Å². The predicted octanol–water partition coefficient (Wildman–Crippen LogP) is 2.03. The second-order valence-corrected chi connectivity index (χ2v) is 8.10. The molecule has 2 saturated heterocycles. The molecular formula is C19H34N2O3. The Labute approximate surface area is 146 Å². The molecule has 0 radical (unpaired) electrons. The second kappa shape index (κ2) is 8.15. The van der Waals surface area contributed by atoms with Crippen LogP contribution in [0.25, 0.3) is 0 Å². The molecule has 3 fully saturated rings. The Kier molecular flexibility index (Phi) is 6.17. The molecule has 138 valence electrons. The number of ether oxygens (including phenoxy) is 1. The Balaban J connectivity index is 1.54. The van der Waals surface area contributed by atoms with E-state index in [9.17, 15) is 9.90 Å². The third-order valence-corrected chi connectivity index (χ3v) is 6.26. The molecule has 0 bridgehead atoms. The van der Waals surface area contributed by atoms with Crippen LogP contribution in [0, 0.1) is 5.92 Å². The quantitative estimate of drug-likeness (QED) is 0.833. The standard InChI is InChI=1S/C19H34N2O3/c1-24-17-8-12-20(13-9-17)15-19(23)10-5-11-21(18(19)22)14-16-6-3-2-4-7-16/h16-17,23H,2-15H2,1H3/t19-/m1/s1. The highest BCUT2D eigenvalue weighted by molar-refractivity contribution is 5.86. The van der Waals surface area contributed by atoms with Gasteiger partial charge in [0.25, 0.3) is 5.91 Å². The summed E-state index contributed by atoms with van der Waals surface area (Å²) in [6.45, 7) is 3.99. The zero-order valence-electron chi connectivity index (χ0n) is 15.2. The SMILES string of the molecule is COC1CCN(C[C@]2(O)CCCN(CC3CCCCC3)C2=O)CC1. The summed E-state index contributed by atoms with van der Waals surface area (Å²) < 4.78 is 5.41. The van der Waals surface area contributed by atoms with Gasteiger partial charge in [-0.2, -0.15) is 0 Å². The first-order chi connectivity index (χ1) is 11.6. The molecule has 0 aromatic rings. The maximum absolute atomic E-state index is 12.9. The first kappa shape index (κ1) is 18.2. The van der Waals surface area contributed by atoms with Crippen molar-refractivity contribution in [2.75, 3.05) is 39.8 Å². The fourth-order valence-electron chi connectivity index (χ4n) is 4.74. The molecule has 3 aliphatic rings. The molecule has 0 aromatic heterocycles. The minimum atomic E-state index is -1.17. The zero-order valence-corrected chi connectivity index (χ0v) is 15.2. The van der Waals surface area contributed by atoms with Gasteiger partial charge in [-0.15, -0.1) is 0 Å². The van der Waals surface area contributed by atoms with E-state index in [0.29, 0.717) is 25.0 Å². The molecule has 0 spiro atoms. The summed E-state index contributed by atoms with van der Waals surface area (Å²) in [5.41, 5.74) is -1.17. The molecule has 5 nitrogen and oxygen atoms in total. The zero-order chi connectivity index (χ0) is 17.0. The first-order valence-corrected chi connectivity index (χ1v) is 9.87. The lowest BCUT2D eigenvalue weighted by atomic mass is 9.86. The molecule has 0 aromatic carbocycles. The van der Waals surface area contributed by atoms with Gasteiger partial charge in [-0.05, 0) is 44.4 Å². The van der Waals surface area contributed by atoms with Crippen molar-refractivity contribution in [2.45, 2.75) is 69.5 Å². The molecule has 2 heterocycles. The summed E-state index contributed by atoms with van der Waals surface area (Å²) in [6, 6.07) is 0. The topological polar surface area (TPSA) is 53.0 Å². The van der Waals surface area contributed by atoms with Crippen LogP contribution >= 0.6 is 0 Å². The van der Waals surface area contributed by atoms with Crippen molar-refractivity contribution in [3.8, 4) is 0 Å². The van der Waals surface area contributed by atoms with Crippen LogP contribution in [0.4, 0.5) is 0 Å². The van der Waals surface area contributed by atoms with Gasteiger partial charge in [0.15, 0.2) is 5.60 Å². The molecule has 1 aliphatic carbocycles. The highest BCUT2D eigenvalue weighted by atomic mass is 16.5. The fourth-order valence-corrected chi connectivity index (χ4v) is 4.74. The van der Waals surface area contributed by atoms with Crippen LogP contribution in [-0.2, 0) is 9.53 Å². The largest absolute Gasteiger partial charge is 0.381 e. The molecule has 1 saturated carbocycles. The molecule has 1 N–H and O–H groups in total. The lowest BCUT2D eigenvalue weighted by Gasteiger charge is -2.43. The van der Waals surface area contributed by atoms with Crippen LogP contribution in [0.3, 0.4) is 0 Å². The van der Waals surface area contributed by atoms with E-state index in [1.165, 1.54) is 32.1 Å². The number of β-amino-alcohol motifs (C(OH)–C–C–N with tert-alkyl or cyclic N) is 1. The van der Waals surface area contributed by atoms with Crippen molar-refractivity contribution >= 4 is 5.91 Å². The van der Waals surface area contributed by atoms with E-state index in [-0.39, 0.29) is 5.91 Å². The van der Waals surface area contributed by atoms with Gasteiger partial charge in [0.1, 0.15) is 0 Å². The first-order valence-electron chi connectivity index (χ1n) is 9.87. The van der Waals surface area contributed by atoms with Gasteiger partial charge in [0, 0.05) is 39.8 Å². The number of piperidine rings is 2. The highest BCUT2D eigenvalue weighted by Gasteiger charge is 2.44. The molecule has 3 rings (SSSR count). The number of likely N-dealkylation sites (tertiary alicyclic amines) is 2. The summed E-state index contributed by atoms with van der Waals surface area (Å²) >= 11 is 0. The van der Waals surface area contributed by atoms with Gasteiger partial charge in [-0.1, -0.05) is 19.3 Å². The van der Waals surface area contributed by atoms with Gasteiger partial charge in [-0.25, -0.2) is 0 Å². The molecule has 1 amide bonds. The number of aliphatic hydroxyl groups is 1. The van der Waals surface area contributed by atoms with Crippen LogP contribution in [0.5, 0.6) is 0 Å². The number of carbonyl (C=O) groups is 1. The van der Waals surface area contributed by atoms with E-state index < -0.39 is 5.60 Å². The van der Waals surface area contributed by atoms with E-state index in [4.69, 9.17) is 4.74 Å². The van der Waals surface area contributed by atoms with E-state index in [0.717, 1.165) is 45.4 Å². The smallest absolute Gasteiger partial charge is 0.255 e. The van der Waals surface area contributed by atoms with Crippen molar-refractivity contribution in [3.63, 3.8) is 0 Å². The minimum absolute atomic E-state index is 0.0202. The number of hydrogen-bond donors (Lipinski definition) is 1. The van der Waals surface area contributed by atoms with Gasteiger partial charge in [0.2, 0.25) is 0 Å². The number of carbonyl (C=O) groups excluding carboxylic acids is 1.